The Morgan fingerprint density at radius 3 is 2.83 bits per heavy atom. The van der Waals surface area contributed by atoms with Crippen molar-refractivity contribution in [3.63, 3.8) is 0 Å². The highest BCUT2D eigenvalue weighted by Crippen LogP contribution is 2.22. The minimum Gasteiger partial charge on any atom is -0.365 e. The molecule has 2 rings (SSSR count). The highest BCUT2D eigenvalue weighted by molar-refractivity contribution is 9.10. The van der Waals surface area contributed by atoms with Crippen molar-refractivity contribution >= 4 is 37.6 Å². The molecule has 0 fully saturated rings. The molecule has 2 aromatic rings. The summed E-state index contributed by atoms with van der Waals surface area (Å²) in [7, 11) is -1.98. The number of anilines is 2. The van der Waals surface area contributed by atoms with Gasteiger partial charge in [-0.2, -0.15) is 5.26 Å². The summed E-state index contributed by atoms with van der Waals surface area (Å²) in [5, 5.41) is 11.9. The monoisotopic (exact) mass is 396 g/mol. The van der Waals surface area contributed by atoms with E-state index in [1.165, 1.54) is 19.4 Å². The van der Waals surface area contributed by atoms with Gasteiger partial charge in [-0.05, 0) is 22.0 Å². The van der Waals surface area contributed by atoms with E-state index in [9.17, 15) is 8.42 Å². The van der Waals surface area contributed by atoms with Gasteiger partial charge in [0.15, 0.2) is 0 Å². The summed E-state index contributed by atoms with van der Waals surface area (Å²) in [6, 6.07) is 5.34. The van der Waals surface area contributed by atoms with Crippen LogP contribution in [0.15, 0.2) is 29.0 Å². The highest BCUT2D eigenvalue weighted by Gasteiger charge is 2.17. The Balaban J connectivity index is 2.27. The lowest BCUT2D eigenvalue weighted by Crippen LogP contribution is -2.27. The SMILES string of the molecule is CN(c1ncccc1CNc1nc(C#N)ncc1Br)S(C)(=O)=O. The zero-order valence-corrected chi connectivity index (χ0v) is 14.8. The second kappa shape index (κ2) is 6.89. The fraction of sp³-hybridized carbons (Fsp3) is 0.231. The maximum absolute atomic E-state index is 11.7. The number of hydrogen-bond acceptors (Lipinski definition) is 7. The Bertz CT molecular complexity index is 865. The van der Waals surface area contributed by atoms with Crippen molar-refractivity contribution in [3.05, 3.63) is 40.4 Å². The van der Waals surface area contributed by atoms with E-state index in [2.05, 4.69) is 36.2 Å². The van der Waals surface area contributed by atoms with Crippen LogP contribution in [0.3, 0.4) is 0 Å². The van der Waals surface area contributed by atoms with E-state index in [0.29, 0.717) is 21.7 Å². The number of halogens is 1. The van der Waals surface area contributed by atoms with E-state index in [4.69, 9.17) is 5.26 Å². The number of nitrogens with one attached hydrogen (secondary N) is 1. The average Bonchev–Trinajstić information content (AvgIpc) is 2.53. The molecule has 0 aliphatic rings. The molecule has 120 valence electrons. The zero-order chi connectivity index (χ0) is 17.0. The Labute approximate surface area is 142 Å². The van der Waals surface area contributed by atoms with Gasteiger partial charge in [0, 0.05) is 31.5 Å². The van der Waals surface area contributed by atoms with E-state index in [1.54, 1.807) is 12.1 Å². The van der Waals surface area contributed by atoms with E-state index in [-0.39, 0.29) is 12.4 Å². The largest absolute Gasteiger partial charge is 0.365 e. The van der Waals surface area contributed by atoms with Crippen LogP contribution in [-0.4, -0.2) is 36.7 Å². The van der Waals surface area contributed by atoms with Crippen LogP contribution in [0.5, 0.6) is 0 Å². The summed E-state index contributed by atoms with van der Waals surface area (Å²) >= 11 is 3.29. The Morgan fingerprint density at radius 1 is 1.43 bits per heavy atom. The molecule has 0 saturated heterocycles. The van der Waals surface area contributed by atoms with Crippen molar-refractivity contribution in [1.82, 2.24) is 15.0 Å². The molecule has 2 heterocycles. The summed E-state index contributed by atoms with van der Waals surface area (Å²) in [5.41, 5.74) is 0.671. The third-order valence-corrected chi connectivity index (χ3v) is 4.70. The molecule has 0 spiro atoms. The van der Waals surface area contributed by atoms with Gasteiger partial charge < -0.3 is 5.32 Å². The van der Waals surface area contributed by atoms with Crippen molar-refractivity contribution < 1.29 is 8.42 Å². The first-order valence-corrected chi connectivity index (χ1v) is 9.01. The molecule has 0 aliphatic heterocycles. The van der Waals surface area contributed by atoms with Gasteiger partial charge >= 0.3 is 0 Å². The first-order valence-electron chi connectivity index (χ1n) is 6.37. The summed E-state index contributed by atoms with van der Waals surface area (Å²) in [4.78, 5) is 12.0. The smallest absolute Gasteiger partial charge is 0.234 e. The third-order valence-electron chi connectivity index (χ3n) is 2.95. The van der Waals surface area contributed by atoms with Gasteiger partial charge in [-0.15, -0.1) is 0 Å². The molecule has 0 unspecified atom stereocenters. The quantitative estimate of drug-likeness (QED) is 0.814. The van der Waals surface area contributed by atoms with Gasteiger partial charge in [-0.25, -0.2) is 23.4 Å². The number of hydrogen-bond donors (Lipinski definition) is 1. The lowest BCUT2D eigenvalue weighted by Gasteiger charge is -2.19. The predicted octanol–water partition coefficient (Wildman–Crippen LogP) is 1.51. The van der Waals surface area contributed by atoms with Crippen LogP contribution in [0.25, 0.3) is 0 Å². The topological polar surface area (TPSA) is 112 Å². The first kappa shape index (κ1) is 17.1. The molecule has 0 radical (unpaired) electrons. The lowest BCUT2D eigenvalue weighted by atomic mass is 10.2. The summed E-state index contributed by atoms with van der Waals surface area (Å²) in [5.74, 6) is 0.803. The number of sulfonamides is 1. The Kier molecular flexibility index (Phi) is 5.12. The molecule has 0 aliphatic carbocycles. The van der Waals surface area contributed by atoms with Gasteiger partial charge in [0.25, 0.3) is 0 Å². The van der Waals surface area contributed by atoms with Gasteiger partial charge in [-0.3, -0.25) is 4.31 Å². The van der Waals surface area contributed by atoms with Crippen molar-refractivity contribution in [2.75, 3.05) is 22.9 Å². The molecule has 0 bridgehead atoms. The summed E-state index contributed by atoms with van der Waals surface area (Å²) in [6.45, 7) is 0.281. The highest BCUT2D eigenvalue weighted by atomic mass is 79.9. The molecule has 0 aromatic carbocycles. The lowest BCUT2D eigenvalue weighted by molar-refractivity contribution is 0.599. The Hall–Kier alpha value is -2.25. The van der Waals surface area contributed by atoms with E-state index in [0.717, 1.165) is 10.6 Å². The van der Waals surface area contributed by atoms with E-state index < -0.39 is 10.0 Å². The third kappa shape index (κ3) is 4.14. The standard InChI is InChI=1S/C13H13BrN6O2S/c1-20(23(2,21)22)13-9(4-3-5-16-13)7-18-12-10(14)8-17-11(6-15)19-12/h3-5,8H,7H2,1-2H3,(H,17,18,19). The number of rotatable bonds is 5. The normalized spacial score (nSPS) is 10.9. The predicted molar refractivity (Wildman–Crippen MR) is 89.3 cm³/mol. The number of pyridine rings is 1. The molecule has 10 heteroatoms. The molecular weight excluding hydrogens is 384 g/mol. The second-order valence-electron chi connectivity index (χ2n) is 4.57. The van der Waals surface area contributed by atoms with Crippen LogP contribution < -0.4 is 9.62 Å². The summed E-state index contributed by atoms with van der Waals surface area (Å²) < 4.78 is 25.1. The van der Waals surface area contributed by atoms with Crippen molar-refractivity contribution in [2.24, 2.45) is 0 Å². The van der Waals surface area contributed by atoms with E-state index in [1.807, 2.05) is 6.07 Å². The summed E-state index contributed by atoms with van der Waals surface area (Å²) in [6.07, 6.45) is 4.11. The fourth-order valence-electron chi connectivity index (χ4n) is 1.73. The molecule has 0 saturated carbocycles. The van der Waals surface area contributed by atoms with Gasteiger partial charge in [0.05, 0.1) is 10.7 Å². The fourth-order valence-corrected chi connectivity index (χ4v) is 2.54. The van der Waals surface area contributed by atoms with Crippen molar-refractivity contribution in [2.45, 2.75) is 6.54 Å². The van der Waals surface area contributed by atoms with Crippen LogP contribution in [-0.2, 0) is 16.6 Å². The van der Waals surface area contributed by atoms with Gasteiger partial charge in [0.2, 0.25) is 15.8 Å². The molecule has 23 heavy (non-hydrogen) atoms. The second-order valence-corrected chi connectivity index (χ2v) is 7.44. The van der Waals surface area contributed by atoms with Crippen molar-refractivity contribution in [3.8, 4) is 6.07 Å². The molecule has 8 nitrogen and oxygen atoms in total. The minimum atomic E-state index is -3.42. The van der Waals surface area contributed by atoms with Crippen LogP contribution in [0.1, 0.15) is 11.4 Å². The average molecular weight is 397 g/mol. The van der Waals surface area contributed by atoms with E-state index >= 15 is 0 Å². The van der Waals surface area contributed by atoms with Crippen molar-refractivity contribution in [1.29, 1.82) is 5.26 Å². The molecule has 0 amide bonds. The zero-order valence-electron chi connectivity index (χ0n) is 12.4. The van der Waals surface area contributed by atoms with Gasteiger partial charge in [0.1, 0.15) is 17.7 Å². The maximum atomic E-state index is 11.7. The molecule has 0 atom stereocenters. The first-order chi connectivity index (χ1) is 10.8. The number of nitriles is 1. The Morgan fingerprint density at radius 2 is 2.17 bits per heavy atom. The van der Waals surface area contributed by atoms with Crippen LogP contribution in [0.2, 0.25) is 0 Å². The van der Waals surface area contributed by atoms with Crippen LogP contribution >= 0.6 is 15.9 Å². The molecule has 2 aromatic heterocycles. The number of aromatic nitrogens is 3. The van der Waals surface area contributed by atoms with Gasteiger partial charge in [-0.1, -0.05) is 6.07 Å². The molecular formula is C13H13BrN6O2S. The molecule has 1 N–H and O–H groups in total. The minimum absolute atomic E-state index is 0.0374. The van der Waals surface area contributed by atoms with Crippen LogP contribution in [0, 0.1) is 11.3 Å². The van der Waals surface area contributed by atoms with Crippen LogP contribution in [0.4, 0.5) is 11.6 Å². The number of nitrogens with zero attached hydrogens (tertiary/aromatic N) is 5. The maximum Gasteiger partial charge on any atom is 0.234 e.